The molecule has 3 atom stereocenters. The molecule has 0 unspecified atom stereocenters. The van der Waals surface area contributed by atoms with Crippen LogP contribution in [0.3, 0.4) is 0 Å². The number of nitrogens with zero attached hydrogens (tertiary/aromatic N) is 4. The van der Waals surface area contributed by atoms with Crippen LogP contribution < -0.4 is 23.8 Å². The van der Waals surface area contributed by atoms with E-state index in [0.29, 0.717) is 41.9 Å². The average Bonchev–Trinajstić information content (AvgIpc) is 3.10. The van der Waals surface area contributed by atoms with Gasteiger partial charge in [-0.3, -0.25) is 0 Å². The van der Waals surface area contributed by atoms with E-state index in [1.165, 1.54) is 52.1 Å². The third kappa shape index (κ3) is 7.88. The van der Waals surface area contributed by atoms with E-state index in [1.807, 2.05) is 19.0 Å². The predicted octanol–water partition coefficient (Wildman–Crippen LogP) is 6.73. The van der Waals surface area contributed by atoms with E-state index in [2.05, 4.69) is 15.3 Å². The van der Waals surface area contributed by atoms with Crippen LogP contribution >= 0.6 is 0 Å². The normalized spacial score (nSPS) is 18.1. The number of rotatable bonds is 12. The summed E-state index contributed by atoms with van der Waals surface area (Å²) in [6, 6.07) is 13.5. The van der Waals surface area contributed by atoms with Gasteiger partial charge in [0.05, 0.1) is 39.1 Å². The second kappa shape index (κ2) is 15.1. The molecule has 15 heteroatoms. The molecule has 10 nitrogen and oxygen atoms in total. The summed E-state index contributed by atoms with van der Waals surface area (Å²) in [6.07, 6.45) is -0.182. The summed E-state index contributed by atoms with van der Waals surface area (Å²) >= 11 is 0. The number of nitrogens with one attached hydrogen (secondary N) is 1. The van der Waals surface area contributed by atoms with Gasteiger partial charge in [-0.2, -0.15) is 13.2 Å². The summed E-state index contributed by atoms with van der Waals surface area (Å²) in [6.45, 7) is -0.256. The number of hydrogen-bond acceptors (Lipinski definition) is 9. The highest BCUT2D eigenvalue weighted by Gasteiger charge is 2.36. The van der Waals surface area contributed by atoms with Crippen LogP contribution in [0.25, 0.3) is 0 Å². The first-order valence-corrected chi connectivity index (χ1v) is 17.2. The fourth-order valence-electron chi connectivity index (χ4n) is 6.35. The quantitative estimate of drug-likeness (QED) is 0.160. The molecule has 1 aliphatic rings. The molecule has 0 spiro atoms. The Morgan fingerprint density at radius 1 is 0.940 bits per heavy atom. The zero-order valence-electron chi connectivity index (χ0n) is 28.2. The summed E-state index contributed by atoms with van der Waals surface area (Å²) in [4.78, 5) is 9.37. The molecule has 0 saturated heterocycles. The topological polar surface area (TPSA) is 106 Å². The van der Waals surface area contributed by atoms with Crippen LogP contribution in [0.15, 0.2) is 78.1 Å². The number of sulfonamides is 1. The van der Waals surface area contributed by atoms with E-state index in [0.717, 1.165) is 22.5 Å². The molecule has 1 fully saturated rings. The minimum absolute atomic E-state index is 0.00444. The van der Waals surface area contributed by atoms with Crippen molar-refractivity contribution in [3.63, 3.8) is 0 Å². The van der Waals surface area contributed by atoms with Crippen molar-refractivity contribution >= 4 is 21.5 Å². The Bertz CT molecular complexity index is 1900. The number of likely N-dealkylation sites (N-methyl/N-ethyl adjacent to an activating group) is 1. The van der Waals surface area contributed by atoms with Crippen molar-refractivity contribution in [2.24, 2.45) is 0 Å². The molecule has 0 aliphatic heterocycles. The number of benzene rings is 3. The van der Waals surface area contributed by atoms with Crippen LogP contribution in [0.5, 0.6) is 17.2 Å². The molecule has 5 rings (SSSR count). The number of ether oxygens (including phenoxy) is 3. The Kier molecular flexibility index (Phi) is 11.1. The van der Waals surface area contributed by atoms with Crippen molar-refractivity contribution in [1.82, 2.24) is 14.9 Å². The van der Waals surface area contributed by atoms with E-state index < -0.39 is 32.5 Å². The molecule has 3 aromatic carbocycles. The van der Waals surface area contributed by atoms with E-state index in [4.69, 9.17) is 14.2 Å². The molecule has 1 saturated carbocycles. The van der Waals surface area contributed by atoms with Crippen LogP contribution in [-0.4, -0.2) is 70.8 Å². The third-order valence-electron chi connectivity index (χ3n) is 8.96. The van der Waals surface area contributed by atoms with Gasteiger partial charge in [-0.1, -0.05) is 18.2 Å². The fraction of sp³-hybridized carbons (Fsp3) is 0.371. The lowest BCUT2D eigenvalue weighted by Gasteiger charge is -2.41. The van der Waals surface area contributed by atoms with Crippen LogP contribution in [0.1, 0.15) is 41.9 Å². The molecule has 1 N–H and O–H groups in total. The first kappa shape index (κ1) is 36.6. The van der Waals surface area contributed by atoms with Gasteiger partial charge in [-0.05, 0) is 63.0 Å². The van der Waals surface area contributed by atoms with Gasteiger partial charge in [-0.25, -0.2) is 27.1 Å². The third-order valence-corrected chi connectivity index (χ3v) is 10.7. The van der Waals surface area contributed by atoms with Crippen molar-refractivity contribution in [2.45, 2.75) is 54.9 Å². The Hall–Kier alpha value is -4.63. The minimum atomic E-state index is -4.60. The molecule has 50 heavy (non-hydrogen) atoms. The maximum absolute atomic E-state index is 16.1. The van der Waals surface area contributed by atoms with E-state index in [-0.39, 0.29) is 41.8 Å². The van der Waals surface area contributed by atoms with Crippen molar-refractivity contribution in [1.29, 1.82) is 0 Å². The number of anilines is 2. The van der Waals surface area contributed by atoms with Crippen LogP contribution in [0, 0.1) is 5.82 Å². The summed E-state index contributed by atoms with van der Waals surface area (Å²) < 4.78 is 102. The molecular formula is C35H39F4N5O5S. The van der Waals surface area contributed by atoms with Crippen molar-refractivity contribution in [3.05, 3.63) is 95.7 Å². The van der Waals surface area contributed by atoms with Crippen LogP contribution in [-0.2, 0) is 22.7 Å². The van der Waals surface area contributed by atoms with Gasteiger partial charge in [-0.15, -0.1) is 0 Å². The lowest BCUT2D eigenvalue weighted by molar-refractivity contribution is -0.137. The highest BCUT2D eigenvalue weighted by Crippen LogP contribution is 2.41. The number of halogens is 4. The lowest BCUT2D eigenvalue weighted by atomic mass is 9.78. The van der Waals surface area contributed by atoms with Crippen LogP contribution in [0.2, 0.25) is 0 Å². The second-order valence-corrected chi connectivity index (χ2v) is 14.0. The van der Waals surface area contributed by atoms with Crippen molar-refractivity contribution in [3.8, 4) is 17.2 Å². The summed E-state index contributed by atoms with van der Waals surface area (Å²) in [5.41, 5.74) is 0.637. The van der Waals surface area contributed by atoms with Crippen LogP contribution in [0.4, 0.5) is 29.1 Å². The van der Waals surface area contributed by atoms with Gasteiger partial charge in [0.25, 0.3) is 10.0 Å². The van der Waals surface area contributed by atoms with Gasteiger partial charge in [0.1, 0.15) is 40.1 Å². The van der Waals surface area contributed by atoms with Gasteiger partial charge in [0.2, 0.25) is 0 Å². The Morgan fingerprint density at radius 2 is 1.70 bits per heavy atom. The SMILES string of the molecule is COc1ccc(CN(c2ccncn2)S(=O)(=O)c2cc(OC)c(N[C@H]3CC[C@H](c4cccc(C(F)(F)F)c4)C[C@@H]3N(C)C)cc2F)c(OC)c1. The average molecular weight is 718 g/mol. The maximum atomic E-state index is 16.1. The Balaban J connectivity index is 1.45. The highest BCUT2D eigenvalue weighted by atomic mass is 32.2. The smallest absolute Gasteiger partial charge is 0.416 e. The molecule has 0 radical (unpaired) electrons. The summed E-state index contributed by atoms with van der Waals surface area (Å²) in [5, 5.41) is 3.34. The Morgan fingerprint density at radius 3 is 2.34 bits per heavy atom. The maximum Gasteiger partial charge on any atom is 0.416 e. The molecule has 1 aliphatic carbocycles. The molecule has 4 aromatic rings. The monoisotopic (exact) mass is 717 g/mol. The Labute approximate surface area is 289 Å². The first-order valence-electron chi connectivity index (χ1n) is 15.7. The molecule has 1 heterocycles. The predicted molar refractivity (Wildman–Crippen MR) is 181 cm³/mol. The second-order valence-electron chi connectivity index (χ2n) is 12.2. The number of hydrogen-bond donors (Lipinski definition) is 1. The fourth-order valence-corrected chi connectivity index (χ4v) is 7.81. The van der Waals surface area contributed by atoms with Gasteiger partial charge < -0.3 is 24.4 Å². The van der Waals surface area contributed by atoms with E-state index in [9.17, 15) is 21.6 Å². The van der Waals surface area contributed by atoms with E-state index in [1.54, 1.807) is 24.3 Å². The van der Waals surface area contributed by atoms with Gasteiger partial charge >= 0.3 is 6.18 Å². The zero-order valence-corrected chi connectivity index (χ0v) is 29.1. The standard InChI is InChI=1S/C35H39F4N5O5S/c1-43(2)30-16-23(22-7-6-8-25(15-22)35(37,38)39)10-12-28(30)42-29-18-27(36)33(19-32(29)49-5)50(45,46)44(34-13-14-40-21-41-34)20-24-9-11-26(47-3)17-31(24)48-4/h6-9,11,13-15,17-19,21,23,28,30,42H,10,12,16,20H2,1-5H3/t23-,28-,30-/m0/s1. The van der Waals surface area contributed by atoms with E-state index >= 15 is 4.39 Å². The van der Waals surface area contributed by atoms with Gasteiger partial charge in [0, 0.05) is 48.1 Å². The lowest BCUT2D eigenvalue weighted by Crippen LogP contribution is -2.47. The minimum Gasteiger partial charge on any atom is -0.497 e. The number of methoxy groups -OCH3 is 3. The number of alkyl halides is 3. The molecule has 0 amide bonds. The molecule has 0 bridgehead atoms. The largest absolute Gasteiger partial charge is 0.497 e. The van der Waals surface area contributed by atoms with Crippen molar-refractivity contribution in [2.75, 3.05) is 45.0 Å². The molecule has 1 aromatic heterocycles. The van der Waals surface area contributed by atoms with Crippen molar-refractivity contribution < 1.29 is 40.2 Å². The molecular weight excluding hydrogens is 678 g/mol. The first-order chi connectivity index (χ1) is 23.8. The summed E-state index contributed by atoms with van der Waals surface area (Å²) in [5.74, 6) is -0.188. The summed E-state index contributed by atoms with van der Waals surface area (Å²) in [7, 11) is 3.44. The zero-order chi connectivity index (χ0) is 36.2. The number of aromatic nitrogens is 2. The molecule has 268 valence electrons. The van der Waals surface area contributed by atoms with Gasteiger partial charge in [0.15, 0.2) is 0 Å². The highest BCUT2D eigenvalue weighted by molar-refractivity contribution is 7.92.